The van der Waals surface area contributed by atoms with E-state index in [0.717, 1.165) is 5.69 Å². The highest BCUT2D eigenvalue weighted by Gasteiger charge is 2.65. The Morgan fingerprint density at radius 2 is 1.91 bits per heavy atom. The minimum atomic E-state index is 0.116. The topological polar surface area (TPSA) is 32.3 Å². The molecule has 5 aliphatic rings. The Kier molecular flexibility index (Phi) is 2.60. The maximum atomic E-state index is 12.6. The third-order valence-corrected chi connectivity index (χ3v) is 7.00. The first-order valence-electron chi connectivity index (χ1n) is 9.19. The zero-order chi connectivity index (χ0) is 15.8. The van der Waals surface area contributed by atoms with E-state index in [4.69, 9.17) is 0 Å². The van der Waals surface area contributed by atoms with Gasteiger partial charge in [-0.1, -0.05) is 13.0 Å². The average molecular weight is 310 g/mol. The number of piperidine rings is 1. The van der Waals surface area contributed by atoms with Crippen molar-refractivity contribution in [2.24, 2.45) is 5.41 Å². The van der Waals surface area contributed by atoms with E-state index in [1.54, 1.807) is 0 Å². The lowest BCUT2D eigenvalue weighted by Gasteiger charge is -2.70. The summed E-state index contributed by atoms with van der Waals surface area (Å²) in [7, 11) is 0. The van der Waals surface area contributed by atoms with E-state index in [1.807, 2.05) is 0 Å². The van der Waals surface area contributed by atoms with E-state index in [1.165, 1.54) is 56.1 Å². The molecule has 5 fully saturated rings. The monoisotopic (exact) mass is 310 g/mol. The highest BCUT2D eigenvalue weighted by atomic mass is 16.2. The predicted molar refractivity (Wildman–Crippen MR) is 91.7 cm³/mol. The molecule has 1 aromatic carbocycles. The average Bonchev–Trinajstić information content (AvgIpc) is 2.46. The van der Waals surface area contributed by atoms with Crippen LogP contribution in [-0.4, -0.2) is 23.0 Å². The SMILES string of the molecule is Cc1ccc(NC(=O)N2C3CCCC2C3)cc1C12CC(C)(C1)C2. The van der Waals surface area contributed by atoms with Crippen LogP contribution in [0.3, 0.4) is 0 Å². The third-order valence-electron chi connectivity index (χ3n) is 7.00. The van der Waals surface area contributed by atoms with Gasteiger partial charge in [0.1, 0.15) is 0 Å². The second kappa shape index (κ2) is 4.31. The lowest BCUT2D eigenvalue weighted by atomic mass is 9.34. The summed E-state index contributed by atoms with van der Waals surface area (Å²) in [6.45, 7) is 4.61. The van der Waals surface area contributed by atoms with Gasteiger partial charge >= 0.3 is 6.03 Å². The lowest BCUT2D eigenvalue weighted by Crippen LogP contribution is -2.63. The molecule has 2 atom stereocenters. The number of rotatable bonds is 2. The van der Waals surface area contributed by atoms with Crippen LogP contribution in [0.1, 0.15) is 63.0 Å². The van der Waals surface area contributed by atoms with Gasteiger partial charge in [-0.25, -0.2) is 4.79 Å². The molecule has 2 heterocycles. The number of amides is 2. The van der Waals surface area contributed by atoms with Crippen molar-refractivity contribution in [1.29, 1.82) is 0 Å². The van der Waals surface area contributed by atoms with E-state index >= 15 is 0 Å². The van der Waals surface area contributed by atoms with Gasteiger partial charge in [0.25, 0.3) is 0 Å². The molecule has 6 rings (SSSR count). The molecule has 3 saturated carbocycles. The first kappa shape index (κ1) is 13.9. The first-order valence-corrected chi connectivity index (χ1v) is 9.19. The number of benzene rings is 1. The van der Waals surface area contributed by atoms with Gasteiger partial charge in [-0.3, -0.25) is 0 Å². The number of hydrogen-bond acceptors (Lipinski definition) is 1. The zero-order valence-corrected chi connectivity index (χ0v) is 14.2. The maximum absolute atomic E-state index is 12.6. The molecule has 0 radical (unpaired) electrons. The van der Waals surface area contributed by atoms with E-state index in [-0.39, 0.29) is 6.03 Å². The smallest absolute Gasteiger partial charge is 0.318 e. The van der Waals surface area contributed by atoms with Crippen LogP contribution in [-0.2, 0) is 5.41 Å². The van der Waals surface area contributed by atoms with Crippen molar-refractivity contribution in [3.63, 3.8) is 0 Å². The molecule has 3 nitrogen and oxygen atoms in total. The molecule has 23 heavy (non-hydrogen) atoms. The standard InChI is InChI=1S/C20H26N2O/c1-13-6-7-14(8-17(13)20-10-19(2,11-20)12-20)21-18(23)22-15-4-3-5-16(22)9-15/h6-8,15-16H,3-5,9-12H2,1-2H3,(H,21,23). The Bertz CT molecular complexity index is 661. The van der Waals surface area contributed by atoms with Gasteiger partial charge in [0, 0.05) is 17.8 Å². The van der Waals surface area contributed by atoms with Crippen LogP contribution in [0, 0.1) is 12.3 Å². The number of carbonyl (C=O) groups is 1. The summed E-state index contributed by atoms with van der Waals surface area (Å²) < 4.78 is 0. The minimum absolute atomic E-state index is 0.116. The van der Waals surface area contributed by atoms with Crippen LogP contribution < -0.4 is 5.32 Å². The molecule has 3 aliphatic carbocycles. The van der Waals surface area contributed by atoms with Crippen LogP contribution in [0.15, 0.2) is 18.2 Å². The second-order valence-corrected chi connectivity index (χ2v) is 8.96. The van der Waals surface area contributed by atoms with Gasteiger partial charge in [-0.2, -0.15) is 0 Å². The van der Waals surface area contributed by atoms with Crippen molar-refractivity contribution in [1.82, 2.24) is 4.90 Å². The number of nitrogens with zero attached hydrogens (tertiary/aromatic N) is 1. The maximum Gasteiger partial charge on any atom is 0.322 e. The Balaban J connectivity index is 1.34. The quantitative estimate of drug-likeness (QED) is 0.851. The van der Waals surface area contributed by atoms with Crippen molar-refractivity contribution in [2.75, 3.05) is 5.32 Å². The Hall–Kier alpha value is -1.51. The molecule has 0 aromatic heterocycles. The molecule has 2 amide bonds. The number of hydrogen-bond donors (Lipinski definition) is 1. The number of urea groups is 1. The molecule has 1 N–H and O–H groups in total. The lowest BCUT2D eigenvalue weighted by molar-refractivity contribution is -0.125. The van der Waals surface area contributed by atoms with Gasteiger partial charge in [0.15, 0.2) is 0 Å². The summed E-state index contributed by atoms with van der Waals surface area (Å²) >= 11 is 0. The minimum Gasteiger partial charge on any atom is -0.318 e. The van der Waals surface area contributed by atoms with Gasteiger partial charge in [0.05, 0.1) is 0 Å². The van der Waals surface area contributed by atoms with Crippen LogP contribution in [0.4, 0.5) is 10.5 Å². The highest BCUT2D eigenvalue weighted by molar-refractivity contribution is 5.90. The second-order valence-electron chi connectivity index (χ2n) is 8.96. The predicted octanol–water partition coefficient (Wildman–Crippen LogP) is 4.60. The summed E-state index contributed by atoms with van der Waals surface area (Å²) in [6, 6.07) is 7.61. The normalized spacial score (nSPS) is 39.8. The zero-order valence-electron chi connectivity index (χ0n) is 14.2. The van der Waals surface area contributed by atoms with Crippen molar-refractivity contribution in [3.05, 3.63) is 29.3 Å². The number of aryl methyl sites for hydroxylation is 1. The van der Waals surface area contributed by atoms with Gasteiger partial charge in [-0.15, -0.1) is 0 Å². The van der Waals surface area contributed by atoms with E-state index < -0.39 is 0 Å². The van der Waals surface area contributed by atoms with Crippen LogP contribution >= 0.6 is 0 Å². The molecule has 2 unspecified atom stereocenters. The van der Waals surface area contributed by atoms with Gasteiger partial charge in [-0.05, 0) is 86.0 Å². The summed E-state index contributed by atoms with van der Waals surface area (Å²) in [5.41, 5.74) is 4.87. The van der Waals surface area contributed by atoms with Gasteiger partial charge < -0.3 is 10.2 Å². The molecular weight excluding hydrogens is 284 g/mol. The Morgan fingerprint density at radius 3 is 2.52 bits per heavy atom. The molecule has 4 bridgehead atoms. The molecule has 0 spiro atoms. The summed E-state index contributed by atoms with van der Waals surface area (Å²) in [5.74, 6) is 0. The number of fused-ring (bicyclic) bond motifs is 2. The Labute approximate surface area is 138 Å². The highest BCUT2D eigenvalue weighted by Crippen LogP contribution is 2.73. The molecular formula is C20H26N2O. The van der Waals surface area contributed by atoms with Crippen molar-refractivity contribution in [3.8, 4) is 0 Å². The van der Waals surface area contributed by atoms with Gasteiger partial charge in [0.2, 0.25) is 0 Å². The molecule has 2 aliphatic heterocycles. The molecule has 1 aromatic rings. The van der Waals surface area contributed by atoms with E-state index in [0.29, 0.717) is 22.9 Å². The fourth-order valence-electron chi connectivity index (χ4n) is 6.18. The number of nitrogens with one attached hydrogen (secondary N) is 1. The molecule has 2 saturated heterocycles. The number of anilines is 1. The molecule has 122 valence electrons. The summed E-state index contributed by atoms with van der Waals surface area (Å²) in [6.07, 6.45) is 8.86. The fourth-order valence-corrected chi connectivity index (χ4v) is 6.18. The summed E-state index contributed by atoms with van der Waals surface area (Å²) in [5, 5.41) is 3.17. The van der Waals surface area contributed by atoms with Crippen molar-refractivity contribution < 1.29 is 4.79 Å². The van der Waals surface area contributed by atoms with E-state index in [2.05, 4.69) is 42.3 Å². The van der Waals surface area contributed by atoms with Crippen LogP contribution in [0.2, 0.25) is 0 Å². The van der Waals surface area contributed by atoms with Crippen molar-refractivity contribution in [2.45, 2.75) is 76.3 Å². The largest absolute Gasteiger partial charge is 0.322 e. The number of carbonyl (C=O) groups excluding carboxylic acids is 1. The molecule has 3 heteroatoms. The van der Waals surface area contributed by atoms with Crippen molar-refractivity contribution >= 4 is 11.7 Å². The third kappa shape index (κ3) is 1.85. The van der Waals surface area contributed by atoms with Crippen LogP contribution in [0.5, 0.6) is 0 Å². The Morgan fingerprint density at radius 1 is 1.22 bits per heavy atom. The fraction of sp³-hybridized carbons (Fsp3) is 0.650. The first-order chi connectivity index (χ1) is 11.0. The van der Waals surface area contributed by atoms with Crippen LogP contribution in [0.25, 0.3) is 0 Å². The summed E-state index contributed by atoms with van der Waals surface area (Å²) in [4.78, 5) is 14.7. The van der Waals surface area contributed by atoms with E-state index in [9.17, 15) is 4.79 Å².